The van der Waals surface area contributed by atoms with E-state index in [0.29, 0.717) is 24.4 Å². The van der Waals surface area contributed by atoms with Crippen molar-refractivity contribution in [2.24, 2.45) is 0 Å². The highest BCUT2D eigenvalue weighted by Crippen LogP contribution is 2.25. The van der Waals surface area contributed by atoms with Gasteiger partial charge in [0.1, 0.15) is 11.5 Å². The molecular weight excluding hydrogens is 390 g/mol. The van der Waals surface area contributed by atoms with Crippen LogP contribution in [0, 0.1) is 0 Å². The topological polar surface area (TPSA) is 42.7 Å². The molecule has 3 rings (SSSR count). The number of ether oxygens (including phenoxy) is 1. The van der Waals surface area contributed by atoms with Gasteiger partial charge in [-0.05, 0) is 68.7 Å². The van der Waals surface area contributed by atoms with Crippen LogP contribution >= 0.6 is 27.3 Å². The van der Waals surface area contributed by atoms with Crippen LogP contribution in [-0.4, -0.2) is 17.9 Å². The Kier molecular flexibility index (Phi) is 5.37. The largest absolute Gasteiger partial charge is 0.497 e. The molecule has 1 aromatic carbocycles. The average molecular weight is 406 g/mol. The summed E-state index contributed by atoms with van der Waals surface area (Å²) in [6.45, 7) is 0.929. The van der Waals surface area contributed by atoms with E-state index < -0.39 is 0 Å². The predicted molar refractivity (Wildman–Crippen MR) is 97.3 cm³/mol. The Bertz CT molecular complexity index is 764. The minimum Gasteiger partial charge on any atom is -0.497 e. The minimum atomic E-state index is -0.0802. The number of amides is 1. The third kappa shape index (κ3) is 3.88. The number of halogens is 1. The van der Waals surface area contributed by atoms with E-state index >= 15 is 0 Å². The molecule has 0 aliphatic heterocycles. The van der Waals surface area contributed by atoms with Gasteiger partial charge in [0.15, 0.2) is 0 Å². The van der Waals surface area contributed by atoms with Gasteiger partial charge in [-0.25, -0.2) is 0 Å². The smallest absolute Gasteiger partial charge is 0.255 e. The summed E-state index contributed by atoms with van der Waals surface area (Å²) in [5, 5.41) is 4.05. The van der Waals surface area contributed by atoms with E-state index in [1.807, 2.05) is 41.1 Å². The van der Waals surface area contributed by atoms with Gasteiger partial charge in [-0.3, -0.25) is 4.79 Å². The van der Waals surface area contributed by atoms with Crippen LogP contribution in [-0.2, 0) is 13.1 Å². The molecule has 0 aliphatic rings. The van der Waals surface area contributed by atoms with E-state index in [0.717, 1.165) is 15.8 Å². The van der Waals surface area contributed by atoms with E-state index in [1.165, 1.54) is 0 Å². The Hall–Kier alpha value is -2.05. The molecule has 2 heterocycles. The second kappa shape index (κ2) is 7.68. The molecular formula is C18H16BrNO3S. The highest BCUT2D eigenvalue weighted by molar-refractivity contribution is 9.10. The van der Waals surface area contributed by atoms with Crippen molar-refractivity contribution < 1.29 is 13.9 Å². The quantitative estimate of drug-likeness (QED) is 0.582. The first-order valence-electron chi connectivity index (χ1n) is 7.33. The van der Waals surface area contributed by atoms with Crippen LogP contribution in [0.5, 0.6) is 5.75 Å². The zero-order valence-electron chi connectivity index (χ0n) is 13.1. The summed E-state index contributed by atoms with van der Waals surface area (Å²) >= 11 is 5.08. The van der Waals surface area contributed by atoms with Gasteiger partial charge < -0.3 is 14.1 Å². The van der Waals surface area contributed by atoms with Crippen molar-refractivity contribution in [3.05, 3.63) is 74.8 Å². The van der Waals surface area contributed by atoms with Gasteiger partial charge in [-0.2, -0.15) is 11.3 Å². The highest BCUT2D eigenvalue weighted by Gasteiger charge is 2.21. The first kappa shape index (κ1) is 16.8. The van der Waals surface area contributed by atoms with Crippen molar-refractivity contribution in [3.8, 4) is 5.75 Å². The van der Waals surface area contributed by atoms with Gasteiger partial charge in [0.25, 0.3) is 5.91 Å². The Morgan fingerprint density at radius 3 is 2.83 bits per heavy atom. The number of hydrogen-bond donors (Lipinski definition) is 0. The lowest BCUT2D eigenvalue weighted by atomic mass is 10.1. The second-order valence-corrected chi connectivity index (χ2v) is 6.85. The molecule has 0 bridgehead atoms. The number of nitrogens with zero attached hydrogens (tertiary/aromatic N) is 1. The standard InChI is InChI=1S/C18H16BrNO3S/c1-22-14-4-5-17(19)16(9-14)18(21)20(10-13-6-8-24-12-13)11-15-3-2-7-23-15/h2-9,12H,10-11H2,1H3. The van der Waals surface area contributed by atoms with Crippen LogP contribution in [0.4, 0.5) is 0 Å². The number of hydrogen-bond acceptors (Lipinski definition) is 4. The molecule has 0 fully saturated rings. The minimum absolute atomic E-state index is 0.0802. The van der Waals surface area contributed by atoms with Crippen molar-refractivity contribution >= 4 is 33.2 Å². The number of methoxy groups -OCH3 is 1. The molecule has 0 atom stereocenters. The number of furan rings is 1. The summed E-state index contributed by atoms with van der Waals surface area (Å²) in [6, 6.07) is 11.1. The fraction of sp³-hybridized carbons (Fsp3) is 0.167. The molecule has 0 N–H and O–H groups in total. The third-order valence-corrected chi connectivity index (χ3v) is 5.00. The third-order valence-electron chi connectivity index (χ3n) is 3.57. The molecule has 6 heteroatoms. The fourth-order valence-electron chi connectivity index (χ4n) is 2.36. The van der Waals surface area contributed by atoms with Gasteiger partial charge in [0.05, 0.1) is 25.5 Å². The second-order valence-electron chi connectivity index (χ2n) is 5.22. The Balaban J connectivity index is 1.90. The monoisotopic (exact) mass is 405 g/mol. The number of carbonyl (C=O) groups is 1. The summed E-state index contributed by atoms with van der Waals surface area (Å²) in [6.07, 6.45) is 1.62. The van der Waals surface area contributed by atoms with Crippen molar-refractivity contribution in [1.29, 1.82) is 0 Å². The van der Waals surface area contributed by atoms with Crippen molar-refractivity contribution in [1.82, 2.24) is 4.90 Å². The highest BCUT2D eigenvalue weighted by atomic mass is 79.9. The molecule has 0 saturated heterocycles. The van der Waals surface area contributed by atoms with Gasteiger partial charge in [0.2, 0.25) is 0 Å². The van der Waals surface area contributed by atoms with E-state index in [2.05, 4.69) is 15.9 Å². The lowest BCUT2D eigenvalue weighted by Crippen LogP contribution is -2.30. The fourth-order valence-corrected chi connectivity index (χ4v) is 3.43. The average Bonchev–Trinajstić information content (AvgIpc) is 3.28. The van der Waals surface area contributed by atoms with E-state index in [-0.39, 0.29) is 5.91 Å². The summed E-state index contributed by atoms with van der Waals surface area (Å²) < 4.78 is 11.4. The summed E-state index contributed by atoms with van der Waals surface area (Å²) in [5.74, 6) is 1.32. The maximum atomic E-state index is 13.1. The van der Waals surface area contributed by atoms with Crippen LogP contribution < -0.4 is 4.74 Å². The summed E-state index contributed by atoms with van der Waals surface area (Å²) in [4.78, 5) is 14.9. The molecule has 3 aromatic rings. The maximum absolute atomic E-state index is 13.1. The van der Waals surface area contributed by atoms with Crippen molar-refractivity contribution in [2.45, 2.75) is 13.1 Å². The maximum Gasteiger partial charge on any atom is 0.255 e. The molecule has 0 radical (unpaired) electrons. The Labute approximate surface area is 152 Å². The van der Waals surface area contributed by atoms with Crippen LogP contribution in [0.3, 0.4) is 0 Å². The summed E-state index contributed by atoms with van der Waals surface area (Å²) in [5.41, 5.74) is 1.66. The normalized spacial score (nSPS) is 10.6. The molecule has 24 heavy (non-hydrogen) atoms. The van der Waals surface area contributed by atoms with Crippen LogP contribution in [0.25, 0.3) is 0 Å². The molecule has 4 nitrogen and oxygen atoms in total. The zero-order chi connectivity index (χ0) is 16.9. The first-order chi connectivity index (χ1) is 11.7. The number of benzene rings is 1. The SMILES string of the molecule is COc1ccc(Br)c(C(=O)N(Cc2ccsc2)Cc2ccco2)c1. The molecule has 124 valence electrons. The number of carbonyl (C=O) groups excluding carboxylic acids is 1. The molecule has 0 aliphatic carbocycles. The van der Waals surface area contributed by atoms with Crippen LogP contribution in [0.2, 0.25) is 0 Å². The van der Waals surface area contributed by atoms with Gasteiger partial charge in [-0.15, -0.1) is 0 Å². The lowest BCUT2D eigenvalue weighted by Gasteiger charge is -2.22. The van der Waals surface area contributed by atoms with Crippen LogP contribution in [0.1, 0.15) is 21.7 Å². The van der Waals surface area contributed by atoms with Gasteiger partial charge in [-0.1, -0.05) is 0 Å². The van der Waals surface area contributed by atoms with Gasteiger partial charge in [0, 0.05) is 11.0 Å². The van der Waals surface area contributed by atoms with Crippen LogP contribution in [0.15, 0.2) is 62.3 Å². The van der Waals surface area contributed by atoms with E-state index in [4.69, 9.17) is 9.15 Å². The zero-order valence-corrected chi connectivity index (χ0v) is 15.5. The van der Waals surface area contributed by atoms with Gasteiger partial charge >= 0.3 is 0 Å². The lowest BCUT2D eigenvalue weighted by molar-refractivity contribution is 0.0716. The molecule has 0 unspecified atom stereocenters. The van der Waals surface area contributed by atoms with Crippen molar-refractivity contribution in [2.75, 3.05) is 7.11 Å². The Morgan fingerprint density at radius 2 is 2.17 bits per heavy atom. The molecule has 2 aromatic heterocycles. The molecule has 1 amide bonds. The number of rotatable bonds is 6. The Morgan fingerprint density at radius 1 is 1.29 bits per heavy atom. The first-order valence-corrected chi connectivity index (χ1v) is 9.07. The molecule has 0 spiro atoms. The van der Waals surface area contributed by atoms with E-state index in [9.17, 15) is 4.79 Å². The molecule has 0 saturated carbocycles. The van der Waals surface area contributed by atoms with Crippen molar-refractivity contribution in [3.63, 3.8) is 0 Å². The summed E-state index contributed by atoms with van der Waals surface area (Å²) in [7, 11) is 1.59. The van der Waals surface area contributed by atoms with E-state index in [1.54, 1.807) is 35.7 Å². The number of thiophene rings is 1. The predicted octanol–water partition coefficient (Wildman–Crippen LogP) is 4.95.